The van der Waals surface area contributed by atoms with E-state index in [1.54, 1.807) is 24.3 Å². The Kier molecular flexibility index (Phi) is 5.07. The Morgan fingerprint density at radius 3 is 2.15 bits per heavy atom. The fourth-order valence-corrected chi connectivity index (χ4v) is 2.59. The maximum atomic E-state index is 12.4. The van der Waals surface area contributed by atoms with Crippen molar-refractivity contribution in [2.24, 2.45) is 0 Å². The molecule has 0 bridgehead atoms. The van der Waals surface area contributed by atoms with Crippen LogP contribution < -0.4 is 0 Å². The maximum Gasteiger partial charge on any atom is 0.253 e. The number of hydrogen-bond donors (Lipinski definition) is 2. The number of hydrogen-bond acceptors (Lipinski definition) is 4. The zero-order valence-corrected chi connectivity index (χ0v) is 12.9. The lowest BCUT2D eigenvalue weighted by atomic mass is 10.1. The predicted molar refractivity (Wildman–Crippen MR) is 83.0 cm³/mol. The smallest absolute Gasteiger partial charge is 0.253 e. The van der Waals surface area contributed by atoms with Crippen molar-refractivity contribution in [2.45, 2.75) is 25.3 Å². The summed E-state index contributed by atoms with van der Waals surface area (Å²) in [5.41, 5.74) is 0.573. The molecule has 1 aliphatic heterocycles. The maximum absolute atomic E-state index is 12.4. The molecule has 1 amide bonds. The molecule has 1 N–H and O–H groups in total. The van der Waals surface area contributed by atoms with E-state index in [4.69, 9.17) is 0 Å². The number of rotatable bonds is 3. The summed E-state index contributed by atoms with van der Waals surface area (Å²) in [6, 6.07) is 7.53. The molecule has 0 saturated carbocycles. The average Bonchev–Trinajstić information content (AvgIpc) is 2.46. The van der Waals surface area contributed by atoms with E-state index < -0.39 is 5.44 Å². The molecule has 4 nitrogen and oxygen atoms in total. The number of amides is 1. The Labute approximate surface area is 125 Å². The van der Waals surface area contributed by atoms with E-state index >= 15 is 0 Å². The number of carbonyl (C=O) groups excluding carboxylic acids is 1. The van der Waals surface area contributed by atoms with Crippen LogP contribution in [0.3, 0.4) is 0 Å². The topological polar surface area (TPSA) is 43.8 Å². The Balaban J connectivity index is 1.98. The van der Waals surface area contributed by atoms with E-state index in [0.29, 0.717) is 17.2 Å². The zero-order chi connectivity index (χ0) is 14.7. The van der Waals surface area contributed by atoms with Crippen molar-refractivity contribution < 1.29 is 9.90 Å². The van der Waals surface area contributed by atoms with Gasteiger partial charge in [-0.15, -0.1) is 12.6 Å². The van der Waals surface area contributed by atoms with Crippen LogP contribution in [0.5, 0.6) is 0 Å². The van der Waals surface area contributed by atoms with Gasteiger partial charge in [0.25, 0.3) is 5.91 Å². The molecule has 1 fully saturated rings. The molecule has 0 aromatic heterocycles. The third kappa shape index (κ3) is 3.53. The Hall–Kier alpha value is -1.04. The van der Waals surface area contributed by atoms with Crippen molar-refractivity contribution in [1.29, 1.82) is 0 Å². The molecule has 20 heavy (non-hydrogen) atoms. The van der Waals surface area contributed by atoms with Gasteiger partial charge in [-0.2, -0.15) is 0 Å². The SMILES string of the molecule is CC(C)N1CCN(C(=O)c2ccc(C(O)S)cc2)CC1. The minimum Gasteiger partial charge on any atom is -0.378 e. The monoisotopic (exact) mass is 294 g/mol. The minimum atomic E-state index is -0.797. The molecule has 2 rings (SSSR count). The number of piperazine rings is 1. The summed E-state index contributed by atoms with van der Waals surface area (Å²) in [6.07, 6.45) is 0. The Bertz CT molecular complexity index is 451. The van der Waals surface area contributed by atoms with Gasteiger partial charge in [0.2, 0.25) is 0 Å². The molecule has 1 saturated heterocycles. The van der Waals surface area contributed by atoms with Gasteiger partial charge in [0.15, 0.2) is 0 Å². The molecular weight excluding hydrogens is 272 g/mol. The van der Waals surface area contributed by atoms with Crippen LogP contribution in [0.15, 0.2) is 24.3 Å². The number of carbonyl (C=O) groups is 1. The lowest BCUT2D eigenvalue weighted by Gasteiger charge is -2.37. The Morgan fingerprint density at radius 1 is 1.15 bits per heavy atom. The first-order chi connectivity index (χ1) is 9.49. The van der Waals surface area contributed by atoms with Crippen molar-refractivity contribution in [1.82, 2.24) is 9.80 Å². The molecule has 5 heteroatoms. The Morgan fingerprint density at radius 2 is 1.70 bits per heavy atom. The summed E-state index contributed by atoms with van der Waals surface area (Å²) in [7, 11) is 0. The van der Waals surface area contributed by atoms with Crippen molar-refractivity contribution in [3.05, 3.63) is 35.4 Å². The van der Waals surface area contributed by atoms with E-state index in [-0.39, 0.29) is 5.91 Å². The molecule has 0 radical (unpaired) electrons. The van der Waals surface area contributed by atoms with Gasteiger partial charge < -0.3 is 10.0 Å². The standard InChI is InChI=1S/C15H22N2O2S/c1-11(2)16-7-9-17(10-8-16)14(18)12-3-5-13(6-4-12)15(19)20/h3-6,11,15,19-20H,7-10H2,1-2H3. The van der Waals surface area contributed by atoms with E-state index in [0.717, 1.165) is 26.2 Å². The van der Waals surface area contributed by atoms with Gasteiger partial charge in [0.05, 0.1) is 0 Å². The summed E-state index contributed by atoms with van der Waals surface area (Å²) in [6.45, 7) is 7.76. The summed E-state index contributed by atoms with van der Waals surface area (Å²) in [4.78, 5) is 16.7. The molecule has 1 aromatic carbocycles. The van der Waals surface area contributed by atoms with Crippen LogP contribution in [0.25, 0.3) is 0 Å². The van der Waals surface area contributed by atoms with Gasteiger partial charge in [-0.3, -0.25) is 9.69 Å². The van der Waals surface area contributed by atoms with Crippen molar-refractivity contribution in [3.63, 3.8) is 0 Å². The van der Waals surface area contributed by atoms with E-state index in [1.165, 1.54) is 0 Å². The molecule has 110 valence electrons. The third-order valence-electron chi connectivity index (χ3n) is 3.79. The van der Waals surface area contributed by atoms with Gasteiger partial charge in [-0.25, -0.2) is 0 Å². The highest BCUT2D eigenvalue weighted by Gasteiger charge is 2.23. The number of benzene rings is 1. The third-order valence-corrected chi connectivity index (χ3v) is 4.09. The summed E-state index contributed by atoms with van der Waals surface area (Å²) in [5, 5.41) is 9.35. The minimum absolute atomic E-state index is 0.0635. The normalized spacial score (nSPS) is 18.4. The van der Waals surface area contributed by atoms with Crippen LogP contribution in [0, 0.1) is 0 Å². The summed E-state index contributed by atoms with van der Waals surface area (Å²) in [5.74, 6) is 0.0635. The van der Waals surface area contributed by atoms with E-state index in [2.05, 4.69) is 31.4 Å². The van der Waals surface area contributed by atoms with Crippen LogP contribution in [-0.4, -0.2) is 53.0 Å². The highest BCUT2D eigenvalue weighted by Crippen LogP contribution is 2.18. The van der Waals surface area contributed by atoms with Crippen LogP contribution >= 0.6 is 12.6 Å². The van der Waals surface area contributed by atoms with Crippen molar-refractivity contribution in [3.8, 4) is 0 Å². The largest absolute Gasteiger partial charge is 0.378 e. The van der Waals surface area contributed by atoms with E-state index in [9.17, 15) is 9.90 Å². The quantitative estimate of drug-likeness (QED) is 0.660. The zero-order valence-electron chi connectivity index (χ0n) is 12.0. The lowest BCUT2D eigenvalue weighted by molar-refractivity contribution is 0.0595. The van der Waals surface area contributed by atoms with Crippen molar-refractivity contribution >= 4 is 18.5 Å². The highest BCUT2D eigenvalue weighted by atomic mass is 32.1. The molecule has 1 unspecified atom stereocenters. The second-order valence-corrected chi connectivity index (χ2v) is 5.91. The van der Waals surface area contributed by atoms with Crippen LogP contribution in [-0.2, 0) is 0 Å². The van der Waals surface area contributed by atoms with Gasteiger partial charge in [0, 0.05) is 37.8 Å². The van der Waals surface area contributed by atoms with Gasteiger partial charge in [-0.1, -0.05) is 12.1 Å². The molecular formula is C15H22N2O2S. The van der Waals surface area contributed by atoms with Gasteiger partial charge >= 0.3 is 0 Å². The number of nitrogens with zero attached hydrogens (tertiary/aromatic N) is 2. The first kappa shape index (κ1) is 15.4. The van der Waals surface area contributed by atoms with Crippen molar-refractivity contribution in [2.75, 3.05) is 26.2 Å². The molecule has 1 aromatic rings. The number of aliphatic hydroxyl groups excluding tert-OH is 1. The predicted octanol–water partition coefficient (Wildman–Crippen LogP) is 1.77. The fraction of sp³-hybridized carbons (Fsp3) is 0.533. The molecule has 1 atom stereocenters. The van der Waals surface area contributed by atoms with Crippen LogP contribution in [0.2, 0.25) is 0 Å². The first-order valence-electron chi connectivity index (χ1n) is 6.98. The van der Waals surface area contributed by atoms with Gasteiger partial charge in [0.1, 0.15) is 5.44 Å². The molecule has 1 heterocycles. The number of aliphatic hydroxyl groups is 1. The lowest BCUT2D eigenvalue weighted by Crippen LogP contribution is -2.50. The molecule has 0 spiro atoms. The van der Waals surface area contributed by atoms with E-state index in [1.807, 2.05) is 4.90 Å². The van der Waals surface area contributed by atoms with Gasteiger partial charge in [-0.05, 0) is 31.5 Å². The molecule has 0 aliphatic carbocycles. The highest BCUT2D eigenvalue weighted by molar-refractivity contribution is 7.80. The van der Waals surface area contributed by atoms with Crippen LogP contribution in [0.1, 0.15) is 35.2 Å². The second kappa shape index (κ2) is 6.61. The fourth-order valence-electron chi connectivity index (χ4n) is 2.42. The summed E-state index contributed by atoms with van der Waals surface area (Å²) < 4.78 is 0. The molecule has 1 aliphatic rings. The van der Waals surface area contributed by atoms with Crippen LogP contribution in [0.4, 0.5) is 0 Å². The second-order valence-electron chi connectivity index (χ2n) is 5.42. The summed E-state index contributed by atoms with van der Waals surface area (Å²) >= 11 is 3.96. The number of thiol groups is 1. The average molecular weight is 294 g/mol. The first-order valence-corrected chi connectivity index (χ1v) is 7.50.